The summed E-state index contributed by atoms with van der Waals surface area (Å²) in [6.07, 6.45) is 0. The van der Waals surface area contributed by atoms with E-state index in [1.165, 1.54) is 18.4 Å². The number of nitrogens with one attached hydrogen (secondary N) is 1. The van der Waals surface area contributed by atoms with Gasteiger partial charge in [0.05, 0.1) is 24.4 Å². The zero-order chi connectivity index (χ0) is 14.7. The van der Waals surface area contributed by atoms with Crippen LogP contribution in [0.25, 0.3) is 0 Å². The number of ether oxygens (including phenoxy) is 1. The van der Waals surface area contributed by atoms with Crippen LogP contribution in [0.5, 0.6) is 0 Å². The van der Waals surface area contributed by atoms with E-state index in [4.69, 9.17) is 5.26 Å². The summed E-state index contributed by atoms with van der Waals surface area (Å²) < 4.78 is 5.42. The van der Waals surface area contributed by atoms with Crippen molar-refractivity contribution in [1.29, 1.82) is 5.26 Å². The Labute approximate surface area is 128 Å². The number of nitriles is 1. The predicted octanol–water partition coefficient (Wildman–Crippen LogP) is 3.62. The van der Waals surface area contributed by atoms with E-state index in [0.29, 0.717) is 16.4 Å². The number of halogens is 1. The van der Waals surface area contributed by atoms with Crippen LogP contribution in [0, 0.1) is 18.3 Å². The van der Waals surface area contributed by atoms with Gasteiger partial charge in [-0.05, 0) is 41.1 Å². The molecule has 0 aliphatic heterocycles. The first-order valence-electron chi connectivity index (χ1n) is 5.57. The third-order valence-electron chi connectivity index (χ3n) is 2.52. The molecule has 20 heavy (non-hydrogen) atoms. The van der Waals surface area contributed by atoms with E-state index in [-0.39, 0.29) is 0 Å². The quantitative estimate of drug-likeness (QED) is 0.854. The number of benzene rings is 1. The monoisotopic (exact) mass is 351 g/mol. The van der Waals surface area contributed by atoms with E-state index in [1.54, 1.807) is 18.2 Å². The molecule has 0 aliphatic rings. The van der Waals surface area contributed by atoms with E-state index >= 15 is 0 Å². The molecule has 2 rings (SSSR count). The van der Waals surface area contributed by atoms with Gasteiger partial charge in [-0.1, -0.05) is 0 Å². The zero-order valence-electron chi connectivity index (χ0n) is 10.7. The van der Waals surface area contributed by atoms with Crippen LogP contribution in [-0.2, 0) is 4.74 Å². The maximum Gasteiger partial charge on any atom is 0.357 e. The van der Waals surface area contributed by atoms with Crippen LogP contribution in [0.2, 0.25) is 0 Å². The summed E-state index contributed by atoms with van der Waals surface area (Å²) >= 11 is 4.75. The van der Waals surface area contributed by atoms with Gasteiger partial charge in [0.2, 0.25) is 0 Å². The maximum atomic E-state index is 11.5. The first-order chi connectivity index (χ1) is 9.55. The number of methoxy groups -OCH3 is 1. The molecule has 1 N–H and O–H groups in total. The highest BCUT2D eigenvalue weighted by Crippen LogP contribution is 2.30. The lowest BCUT2D eigenvalue weighted by Gasteiger charge is -2.05. The minimum atomic E-state index is -0.453. The summed E-state index contributed by atoms with van der Waals surface area (Å²) in [7, 11) is 1.32. The molecule has 7 heteroatoms. The molecule has 0 aliphatic carbocycles. The average molecular weight is 352 g/mol. The van der Waals surface area contributed by atoms with E-state index < -0.39 is 5.97 Å². The molecule has 102 valence electrons. The van der Waals surface area contributed by atoms with Gasteiger partial charge in [0.15, 0.2) is 10.8 Å². The summed E-state index contributed by atoms with van der Waals surface area (Å²) in [6, 6.07) is 7.25. The first kappa shape index (κ1) is 14.5. The Kier molecular flexibility index (Phi) is 4.37. The van der Waals surface area contributed by atoms with Crippen molar-refractivity contribution in [3.8, 4) is 6.07 Å². The van der Waals surface area contributed by atoms with Crippen LogP contribution in [-0.4, -0.2) is 18.1 Å². The molecule has 1 aromatic carbocycles. The molecular formula is C13H10BrN3O2S. The van der Waals surface area contributed by atoms with E-state index in [9.17, 15) is 4.79 Å². The number of carbonyl (C=O) groups is 1. The molecule has 0 unspecified atom stereocenters. The Morgan fingerprint density at radius 3 is 2.90 bits per heavy atom. The number of aromatic nitrogens is 1. The first-order valence-corrected chi connectivity index (χ1v) is 7.18. The Morgan fingerprint density at radius 1 is 1.55 bits per heavy atom. The fraction of sp³-hybridized carbons (Fsp3) is 0.154. The van der Waals surface area contributed by atoms with Gasteiger partial charge in [0.1, 0.15) is 0 Å². The fourth-order valence-electron chi connectivity index (χ4n) is 1.54. The maximum absolute atomic E-state index is 11.5. The molecule has 0 fully saturated rings. The second-order valence-electron chi connectivity index (χ2n) is 3.85. The van der Waals surface area contributed by atoms with E-state index in [2.05, 4.69) is 37.0 Å². The summed E-state index contributed by atoms with van der Waals surface area (Å²) in [6.45, 7) is 1.81. The highest BCUT2D eigenvalue weighted by Gasteiger charge is 2.16. The number of aryl methyl sites for hydroxylation is 1. The smallest absolute Gasteiger partial charge is 0.357 e. The third-order valence-corrected chi connectivity index (χ3v) is 4.06. The number of nitrogens with zero attached hydrogens (tertiary/aromatic N) is 2. The van der Waals surface area contributed by atoms with Gasteiger partial charge in [-0.2, -0.15) is 5.26 Å². The number of rotatable bonds is 3. The van der Waals surface area contributed by atoms with Crippen molar-refractivity contribution < 1.29 is 9.53 Å². The third kappa shape index (κ3) is 2.98. The van der Waals surface area contributed by atoms with Gasteiger partial charge in [0.25, 0.3) is 0 Å². The molecule has 0 saturated carbocycles. The molecule has 1 heterocycles. The minimum Gasteiger partial charge on any atom is -0.464 e. The molecule has 1 aromatic heterocycles. The van der Waals surface area contributed by atoms with Crippen molar-refractivity contribution in [2.24, 2.45) is 0 Å². The van der Waals surface area contributed by atoms with E-state index in [1.807, 2.05) is 6.92 Å². The van der Waals surface area contributed by atoms with Gasteiger partial charge in [-0.15, -0.1) is 11.3 Å². The predicted molar refractivity (Wildman–Crippen MR) is 80.3 cm³/mol. The largest absolute Gasteiger partial charge is 0.464 e. The molecule has 0 radical (unpaired) electrons. The minimum absolute atomic E-state index is 0.310. The highest BCUT2D eigenvalue weighted by atomic mass is 79.9. The standard InChI is InChI=1S/C13H10BrN3O2S/c1-7-11(12(18)19-2)17-13(20-7)16-10-4-3-8(6-15)5-9(10)14/h3-5H,1-2H3,(H,16,17). The lowest BCUT2D eigenvalue weighted by Crippen LogP contribution is -2.03. The van der Waals surface area contributed by atoms with Crippen LogP contribution in [0.3, 0.4) is 0 Å². The fourth-order valence-corrected chi connectivity index (χ4v) is 2.83. The molecule has 0 amide bonds. The van der Waals surface area contributed by atoms with Gasteiger partial charge in [0, 0.05) is 9.35 Å². The van der Waals surface area contributed by atoms with Crippen LogP contribution in [0.1, 0.15) is 20.9 Å². The molecule has 2 aromatic rings. The Bertz CT molecular complexity index is 706. The van der Waals surface area contributed by atoms with Crippen molar-refractivity contribution in [2.45, 2.75) is 6.92 Å². The van der Waals surface area contributed by atoms with Crippen molar-refractivity contribution in [2.75, 3.05) is 12.4 Å². The van der Waals surface area contributed by atoms with Crippen molar-refractivity contribution in [3.05, 3.63) is 38.8 Å². The Morgan fingerprint density at radius 2 is 2.30 bits per heavy atom. The SMILES string of the molecule is COC(=O)c1nc(Nc2ccc(C#N)cc2Br)sc1C. The Hall–Kier alpha value is -1.91. The second kappa shape index (κ2) is 6.03. The van der Waals surface area contributed by atoms with Gasteiger partial charge in [-0.3, -0.25) is 0 Å². The number of hydrogen-bond donors (Lipinski definition) is 1. The Balaban J connectivity index is 2.27. The number of thiazole rings is 1. The normalized spacial score (nSPS) is 9.90. The van der Waals surface area contributed by atoms with Crippen molar-refractivity contribution in [3.63, 3.8) is 0 Å². The van der Waals surface area contributed by atoms with Gasteiger partial charge < -0.3 is 10.1 Å². The van der Waals surface area contributed by atoms with Gasteiger partial charge in [-0.25, -0.2) is 9.78 Å². The van der Waals surface area contributed by atoms with Crippen molar-refractivity contribution in [1.82, 2.24) is 4.98 Å². The zero-order valence-corrected chi connectivity index (χ0v) is 13.1. The van der Waals surface area contributed by atoms with E-state index in [0.717, 1.165) is 15.0 Å². The number of esters is 1. The number of anilines is 2. The van der Waals surface area contributed by atoms with Crippen LogP contribution >= 0.6 is 27.3 Å². The molecule has 0 saturated heterocycles. The second-order valence-corrected chi connectivity index (χ2v) is 5.90. The summed E-state index contributed by atoms with van der Waals surface area (Å²) in [5.41, 5.74) is 1.65. The number of hydrogen-bond acceptors (Lipinski definition) is 6. The molecule has 5 nitrogen and oxygen atoms in total. The average Bonchev–Trinajstić information content (AvgIpc) is 2.81. The highest BCUT2D eigenvalue weighted by molar-refractivity contribution is 9.10. The van der Waals surface area contributed by atoms with Crippen molar-refractivity contribution >= 4 is 44.1 Å². The van der Waals surface area contributed by atoms with Crippen LogP contribution in [0.15, 0.2) is 22.7 Å². The van der Waals surface area contributed by atoms with Gasteiger partial charge >= 0.3 is 5.97 Å². The summed E-state index contributed by atoms with van der Waals surface area (Å²) in [5.74, 6) is -0.453. The molecule has 0 bridgehead atoms. The van der Waals surface area contributed by atoms with Crippen LogP contribution in [0.4, 0.5) is 10.8 Å². The number of carbonyl (C=O) groups excluding carboxylic acids is 1. The molecule has 0 atom stereocenters. The summed E-state index contributed by atoms with van der Waals surface area (Å²) in [5, 5.41) is 12.5. The lowest BCUT2D eigenvalue weighted by molar-refractivity contribution is 0.0594. The lowest BCUT2D eigenvalue weighted by atomic mass is 10.2. The topological polar surface area (TPSA) is 75.0 Å². The molecular weight excluding hydrogens is 342 g/mol. The molecule has 0 spiro atoms. The summed E-state index contributed by atoms with van der Waals surface area (Å²) in [4.78, 5) is 16.5. The van der Waals surface area contributed by atoms with Crippen LogP contribution < -0.4 is 5.32 Å².